The molecule has 0 amide bonds. The number of hydrogen-bond donors (Lipinski definition) is 0. The number of hydrogen-bond acceptors (Lipinski definition) is 10. The minimum atomic E-state index is -1.57. The third kappa shape index (κ3) is 11.8. The van der Waals surface area contributed by atoms with Crippen molar-refractivity contribution in [3.63, 3.8) is 0 Å². The molecule has 0 radical (unpaired) electrons. The molecule has 0 saturated carbocycles. The number of methoxy groups -OCH3 is 4. The molecule has 0 spiro atoms. The van der Waals surface area contributed by atoms with Crippen molar-refractivity contribution >= 4 is 67.3 Å². The van der Waals surface area contributed by atoms with Gasteiger partial charge >= 0.3 is 23.9 Å². The summed E-state index contributed by atoms with van der Waals surface area (Å²) in [5, 5.41) is 0. The number of rotatable bonds is 16. The zero-order valence-corrected chi connectivity index (χ0v) is 48.0. The Morgan fingerprint density at radius 1 is 0.438 bits per heavy atom. The van der Waals surface area contributed by atoms with Crippen LogP contribution in [-0.4, -0.2) is 73.0 Å². The van der Waals surface area contributed by atoms with Crippen LogP contribution < -0.4 is 0 Å². The van der Waals surface area contributed by atoms with Gasteiger partial charge in [0.05, 0.1) is 28.4 Å². The molecule has 2 heterocycles. The highest BCUT2D eigenvalue weighted by Gasteiger charge is 2.56. The van der Waals surface area contributed by atoms with Crippen molar-refractivity contribution in [2.75, 3.05) is 28.4 Å². The van der Waals surface area contributed by atoms with E-state index in [0.29, 0.717) is 24.2 Å². The van der Waals surface area contributed by atoms with Crippen LogP contribution in [0.3, 0.4) is 0 Å². The Bertz CT molecular complexity index is 3260. The van der Waals surface area contributed by atoms with Gasteiger partial charge in [-0.25, -0.2) is 0 Å². The highest BCUT2D eigenvalue weighted by molar-refractivity contribution is 9.10. The third-order valence-electron chi connectivity index (χ3n) is 15.5. The van der Waals surface area contributed by atoms with Gasteiger partial charge in [-0.2, -0.15) is 0 Å². The lowest BCUT2D eigenvalue weighted by Crippen LogP contribution is -2.47. The van der Waals surface area contributed by atoms with Crippen molar-refractivity contribution in [3.8, 4) is 22.5 Å². The maximum absolute atomic E-state index is 13.5. The summed E-state index contributed by atoms with van der Waals surface area (Å²) < 4.78 is 26.9. The van der Waals surface area contributed by atoms with Gasteiger partial charge in [0.2, 0.25) is 0 Å². The summed E-state index contributed by atoms with van der Waals surface area (Å²) in [5.41, 5.74) is 7.68. The van der Waals surface area contributed by atoms with Crippen molar-refractivity contribution in [3.05, 3.63) is 236 Å². The van der Waals surface area contributed by atoms with E-state index in [-0.39, 0.29) is 50.1 Å². The molecule has 8 aromatic rings. The van der Waals surface area contributed by atoms with Crippen molar-refractivity contribution in [1.82, 2.24) is 9.13 Å². The summed E-state index contributed by atoms with van der Waals surface area (Å²) in [5.74, 6) is -3.55. The van der Waals surface area contributed by atoms with Crippen LogP contribution in [-0.2, 0) is 64.1 Å². The summed E-state index contributed by atoms with van der Waals surface area (Å²) in [4.78, 5) is 80.5. The molecule has 2 atom stereocenters. The van der Waals surface area contributed by atoms with E-state index >= 15 is 0 Å². The molecule has 0 bridgehead atoms. The Hall–Kier alpha value is -7.94. The highest BCUT2D eigenvalue weighted by Crippen LogP contribution is 2.50. The Morgan fingerprint density at radius 2 is 0.738 bits per heavy atom. The Kier molecular flexibility index (Phi) is 17.8. The number of halogens is 2. The molecule has 2 aliphatic rings. The predicted molar refractivity (Wildman–Crippen MR) is 312 cm³/mol. The van der Waals surface area contributed by atoms with Gasteiger partial charge in [0.1, 0.15) is 0 Å². The molecule has 2 aromatic heterocycles. The van der Waals surface area contributed by atoms with Gasteiger partial charge in [0.25, 0.3) is 0 Å². The number of aromatic nitrogens is 2. The lowest BCUT2D eigenvalue weighted by Gasteiger charge is -2.37. The number of esters is 4. The zero-order chi connectivity index (χ0) is 56.6. The van der Waals surface area contributed by atoms with Crippen molar-refractivity contribution in [2.45, 2.75) is 63.5 Å². The second kappa shape index (κ2) is 25.0. The average molecular weight is 1200 g/mol. The Labute approximate surface area is 482 Å². The van der Waals surface area contributed by atoms with Gasteiger partial charge in [-0.3, -0.25) is 28.8 Å². The molecular weight excluding hydrogens is 1140 g/mol. The van der Waals surface area contributed by atoms with E-state index in [1.807, 2.05) is 146 Å². The van der Waals surface area contributed by atoms with Crippen LogP contribution in [0.5, 0.6) is 0 Å². The van der Waals surface area contributed by atoms with Gasteiger partial charge in [0.15, 0.2) is 22.4 Å². The van der Waals surface area contributed by atoms with Crippen LogP contribution in [0.15, 0.2) is 191 Å². The summed E-state index contributed by atoms with van der Waals surface area (Å²) in [6.07, 6.45) is 0.729. The van der Waals surface area contributed by atoms with E-state index in [2.05, 4.69) is 53.1 Å². The minimum absolute atomic E-state index is 0.0638. The van der Waals surface area contributed by atoms with Crippen LogP contribution >= 0.6 is 31.9 Å². The Morgan fingerprint density at radius 3 is 1.04 bits per heavy atom. The van der Waals surface area contributed by atoms with Gasteiger partial charge in [-0.05, 0) is 94.5 Å². The monoisotopic (exact) mass is 1200 g/mol. The van der Waals surface area contributed by atoms with Gasteiger partial charge in [-0.1, -0.05) is 177 Å². The molecule has 80 heavy (non-hydrogen) atoms. The normalized spacial score (nSPS) is 15.6. The molecule has 6 aromatic carbocycles. The summed E-state index contributed by atoms with van der Waals surface area (Å²) >= 11 is 6.84. The number of Topliss-reactive ketones (excluding diaryl/α,β-unsaturated/α-hetero) is 2. The van der Waals surface area contributed by atoms with E-state index in [1.54, 1.807) is 24.3 Å². The molecule has 0 saturated heterocycles. The number of carbonyl (C=O) groups excluding carboxylic acids is 6. The molecule has 0 aliphatic heterocycles. The van der Waals surface area contributed by atoms with Crippen LogP contribution in [0.25, 0.3) is 22.5 Å². The highest BCUT2D eigenvalue weighted by atomic mass is 79.9. The zero-order valence-electron chi connectivity index (χ0n) is 44.9. The maximum Gasteiger partial charge on any atom is 0.323 e. The first-order valence-electron chi connectivity index (χ1n) is 26.3. The Balaban J connectivity index is 0.000000194. The van der Waals surface area contributed by atoms with Gasteiger partial charge in [-0.15, -0.1) is 0 Å². The van der Waals surface area contributed by atoms with Crippen LogP contribution in [0.2, 0.25) is 0 Å². The van der Waals surface area contributed by atoms with E-state index in [9.17, 15) is 28.8 Å². The molecule has 2 aliphatic carbocycles. The van der Waals surface area contributed by atoms with Crippen molar-refractivity contribution < 1.29 is 47.7 Å². The van der Waals surface area contributed by atoms with Crippen molar-refractivity contribution in [1.29, 1.82) is 0 Å². The number of fused-ring (bicyclic) bond motifs is 2. The first-order valence-corrected chi connectivity index (χ1v) is 27.9. The maximum atomic E-state index is 13.5. The summed E-state index contributed by atoms with van der Waals surface area (Å²) in [6.45, 7) is 1.07. The van der Waals surface area contributed by atoms with E-state index in [4.69, 9.17) is 18.9 Å². The lowest BCUT2D eigenvalue weighted by molar-refractivity contribution is -0.172. The number of benzene rings is 6. The fourth-order valence-corrected chi connectivity index (χ4v) is 12.1. The largest absolute Gasteiger partial charge is 0.468 e. The van der Waals surface area contributed by atoms with Crippen LogP contribution in [0, 0.1) is 10.8 Å². The van der Waals surface area contributed by atoms with E-state index in [1.165, 1.54) is 28.4 Å². The van der Waals surface area contributed by atoms with Gasteiger partial charge in [0, 0.05) is 81.6 Å². The molecule has 0 unspecified atom stereocenters. The van der Waals surface area contributed by atoms with Crippen LogP contribution in [0.4, 0.5) is 0 Å². The first kappa shape index (κ1) is 56.8. The predicted octanol–water partition coefficient (Wildman–Crippen LogP) is 13.2. The SMILES string of the molecule is COC(=O)C1(C(=O)OC)Cc2c(cc(-c3ccccc3)n2Cc2ccccc2)[C@@H](CC(=O)c2ccc(Br)cc2)C1.COC(=O)C1(C(=O)OC)Cc2c(cc(-c3ccccc3)n2Cc2ccccc2)[C@@H](CC(=O)c2ccc(Br)cc2)C1. The number of ether oxygens (including phenoxy) is 4. The fourth-order valence-electron chi connectivity index (χ4n) is 11.6. The molecule has 14 heteroatoms. The minimum Gasteiger partial charge on any atom is -0.468 e. The standard InChI is InChI=1S/2C33H30BrNO5/c2*1-39-31(37)33(32(38)40-2)19-25(17-30(36)24-13-15-26(34)16-14-24)27-18-28(23-11-7-4-8-12-23)35(29(27)20-33)21-22-9-5-3-6-10-22/h2*3-16,18,25H,17,19-21H2,1-2H3/t2*25-/m00/s1. The van der Waals surface area contributed by atoms with Gasteiger partial charge < -0.3 is 28.1 Å². The fraction of sp³-hybridized carbons (Fsp3) is 0.242. The quantitative estimate of drug-likeness (QED) is 0.0396. The van der Waals surface area contributed by atoms with Crippen molar-refractivity contribution in [2.24, 2.45) is 10.8 Å². The average Bonchev–Trinajstić information content (AvgIpc) is 4.19. The molecule has 12 nitrogen and oxygen atoms in total. The number of ketones is 2. The third-order valence-corrected chi connectivity index (χ3v) is 16.6. The smallest absolute Gasteiger partial charge is 0.323 e. The summed E-state index contributed by atoms with van der Waals surface area (Å²) in [7, 11) is 5.12. The molecular formula is C66H60Br2N2O10. The lowest BCUT2D eigenvalue weighted by atomic mass is 9.67. The molecule has 0 fully saturated rings. The summed E-state index contributed by atoms with van der Waals surface area (Å²) in [6, 6.07) is 58.8. The second-order valence-electron chi connectivity index (χ2n) is 20.3. The number of nitrogens with zero attached hydrogens (tertiary/aromatic N) is 2. The molecule has 10 rings (SSSR count). The molecule has 408 valence electrons. The molecule has 0 N–H and O–H groups in total. The topological polar surface area (TPSA) is 149 Å². The second-order valence-corrected chi connectivity index (χ2v) is 22.1. The first-order chi connectivity index (χ1) is 38.7. The van der Waals surface area contributed by atoms with Crippen LogP contribution in [0.1, 0.15) is 91.9 Å². The van der Waals surface area contributed by atoms with E-state index in [0.717, 1.165) is 65.1 Å². The van der Waals surface area contributed by atoms with E-state index < -0.39 is 46.5 Å². The number of carbonyl (C=O) groups is 6.